The molecule has 0 N–H and O–H groups in total. The second kappa shape index (κ2) is 11.7. The molecule has 2 aromatic carbocycles. The van der Waals surface area contributed by atoms with E-state index in [1.165, 1.54) is 48.9 Å². The van der Waals surface area contributed by atoms with Gasteiger partial charge in [-0.15, -0.1) is 13.2 Å². The molecule has 162 valence electrons. The monoisotopic (exact) mass is 434 g/mol. The fraction of sp³-hybridized carbons (Fsp3) is 0.429. The van der Waals surface area contributed by atoms with Gasteiger partial charge in [-0.3, -0.25) is 0 Å². The van der Waals surface area contributed by atoms with Crippen molar-refractivity contribution in [2.45, 2.75) is 76.8 Å². The van der Waals surface area contributed by atoms with E-state index >= 15 is 0 Å². The molecule has 0 fully saturated rings. The summed E-state index contributed by atoms with van der Waals surface area (Å²) < 4.78 is 0. The van der Waals surface area contributed by atoms with E-state index in [4.69, 9.17) is 0 Å². The maximum atomic E-state index is 3.89. The Morgan fingerprint density at radius 3 is 1.40 bits per heavy atom. The molecule has 2 aromatic rings. The Bertz CT molecular complexity index is 747. The largest absolute Gasteiger partial charge is 0.103 e. The average Bonchev–Trinajstić information content (AvgIpc) is 2.71. The Morgan fingerprint density at radius 2 is 1.03 bits per heavy atom. The van der Waals surface area contributed by atoms with Gasteiger partial charge in [-0.1, -0.05) is 135 Å². The highest BCUT2D eigenvalue weighted by atomic mass is 28.3. The highest BCUT2D eigenvalue weighted by molar-refractivity contribution is 6.90. The van der Waals surface area contributed by atoms with Crippen LogP contribution in [0.25, 0.3) is 0 Å². The van der Waals surface area contributed by atoms with Crippen LogP contribution in [-0.2, 0) is 12.8 Å². The zero-order chi connectivity index (χ0) is 22.0. The molecule has 0 atom stereocenters. The van der Waals surface area contributed by atoms with E-state index in [0.717, 1.165) is 12.8 Å². The lowest BCUT2D eigenvalue weighted by Crippen LogP contribution is -2.41. The van der Waals surface area contributed by atoms with Crippen LogP contribution in [0.1, 0.15) is 36.8 Å². The van der Waals surface area contributed by atoms with Crippen LogP contribution in [0.2, 0.25) is 38.3 Å². The molecular weight excluding hydrogens is 392 g/mol. The predicted molar refractivity (Wildman–Crippen MR) is 143 cm³/mol. The number of hydrogen-bond acceptors (Lipinski definition) is 0. The summed E-state index contributed by atoms with van der Waals surface area (Å²) in [7, 11) is -2.67. The number of unbranched alkanes of at least 4 members (excludes halogenated alkanes) is 3. The molecule has 0 aliphatic rings. The Labute approximate surface area is 188 Å². The zero-order valence-corrected chi connectivity index (χ0v) is 21.8. The van der Waals surface area contributed by atoms with Crippen molar-refractivity contribution in [1.82, 2.24) is 0 Å². The molecule has 0 amide bonds. The minimum atomic E-state index is -1.34. The summed E-state index contributed by atoms with van der Waals surface area (Å²) in [6.45, 7) is 17.9. The Kier molecular flexibility index (Phi) is 9.57. The number of benzene rings is 2. The first-order valence-corrected chi connectivity index (χ1v) is 18.1. The standard InChI is InChI=1S/C28H42Si2/c1-7-15-25-17-13-19-27(23-25)29(3,4)21-11-9-10-12-22-30(5,6)28-20-14-18-26(24-28)16-8-2/h7-8,13-14,17-20,23-24H,1-2,9-12,15-16,21-22H2,3-6H3. The molecule has 0 aromatic heterocycles. The van der Waals surface area contributed by atoms with Crippen molar-refractivity contribution in [3.8, 4) is 0 Å². The molecule has 30 heavy (non-hydrogen) atoms. The van der Waals surface area contributed by atoms with Gasteiger partial charge in [0, 0.05) is 0 Å². The predicted octanol–water partition coefficient (Wildman–Crippen LogP) is 7.24. The maximum absolute atomic E-state index is 3.89. The van der Waals surface area contributed by atoms with Gasteiger partial charge in [0.15, 0.2) is 0 Å². The van der Waals surface area contributed by atoms with Crippen LogP contribution in [0.3, 0.4) is 0 Å². The third-order valence-corrected chi connectivity index (χ3v) is 13.5. The molecule has 0 unspecified atom stereocenters. The summed E-state index contributed by atoms with van der Waals surface area (Å²) in [6, 6.07) is 21.3. The van der Waals surface area contributed by atoms with Gasteiger partial charge in [-0.25, -0.2) is 0 Å². The van der Waals surface area contributed by atoms with Crippen molar-refractivity contribution in [3.63, 3.8) is 0 Å². The Hall–Kier alpha value is -1.65. The number of rotatable bonds is 13. The second-order valence-electron chi connectivity index (χ2n) is 10.1. The van der Waals surface area contributed by atoms with E-state index in [0.29, 0.717) is 0 Å². The van der Waals surface area contributed by atoms with E-state index in [9.17, 15) is 0 Å². The highest BCUT2D eigenvalue weighted by Crippen LogP contribution is 2.20. The first-order chi connectivity index (χ1) is 14.3. The fourth-order valence-corrected chi connectivity index (χ4v) is 9.44. The van der Waals surface area contributed by atoms with Gasteiger partial charge in [0.2, 0.25) is 0 Å². The lowest BCUT2D eigenvalue weighted by atomic mass is 10.1. The maximum Gasteiger partial charge on any atom is 0.0806 e. The van der Waals surface area contributed by atoms with E-state index in [1.807, 2.05) is 12.2 Å². The van der Waals surface area contributed by atoms with Crippen LogP contribution in [0.15, 0.2) is 73.8 Å². The third kappa shape index (κ3) is 7.55. The zero-order valence-electron chi connectivity index (χ0n) is 19.8. The van der Waals surface area contributed by atoms with Gasteiger partial charge in [-0.2, -0.15) is 0 Å². The molecule has 0 heterocycles. The highest BCUT2D eigenvalue weighted by Gasteiger charge is 2.24. The topological polar surface area (TPSA) is 0 Å². The van der Waals surface area contributed by atoms with Crippen LogP contribution in [-0.4, -0.2) is 16.1 Å². The van der Waals surface area contributed by atoms with Gasteiger partial charge in [0.1, 0.15) is 0 Å². The van der Waals surface area contributed by atoms with Crippen molar-refractivity contribution >= 4 is 26.5 Å². The van der Waals surface area contributed by atoms with Gasteiger partial charge < -0.3 is 0 Å². The first-order valence-electron chi connectivity index (χ1n) is 11.7. The van der Waals surface area contributed by atoms with Crippen LogP contribution in [0.5, 0.6) is 0 Å². The van der Waals surface area contributed by atoms with Crippen molar-refractivity contribution in [3.05, 3.63) is 85.0 Å². The lowest BCUT2D eigenvalue weighted by Gasteiger charge is -2.25. The van der Waals surface area contributed by atoms with E-state index in [-0.39, 0.29) is 0 Å². The average molecular weight is 435 g/mol. The summed E-state index contributed by atoms with van der Waals surface area (Å²) in [5.74, 6) is 0. The molecule has 0 aliphatic heterocycles. The smallest absolute Gasteiger partial charge is 0.0806 e. The van der Waals surface area contributed by atoms with Crippen LogP contribution in [0.4, 0.5) is 0 Å². The lowest BCUT2D eigenvalue weighted by molar-refractivity contribution is 0.693. The van der Waals surface area contributed by atoms with Crippen LogP contribution >= 0.6 is 0 Å². The third-order valence-electron chi connectivity index (χ3n) is 6.53. The van der Waals surface area contributed by atoms with Crippen molar-refractivity contribution in [2.75, 3.05) is 0 Å². The summed E-state index contributed by atoms with van der Waals surface area (Å²) in [6.07, 6.45) is 11.5. The molecule has 0 saturated carbocycles. The fourth-order valence-electron chi connectivity index (χ4n) is 4.35. The molecule has 0 saturated heterocycles. The van der Waals surface area contributed by atoms with Crippen LogP contribution in [0, 0.1) is 0 Å². The molecule has 0 bridgehead atoms. The molecule has 0 nitrogen and oxygen atoms in total. The molecule has 2 heteroatoms. The van der Waals surface area contributed by atoms with Crippen molar-refractivity contribution in [2.24, 2.45) is 0 Å². The van der Waals surface area contributed by atoms with E-state index in [2.05, 4.69) is 87.9 Å². The van der Waals surface area contributed by atoms with Gasteiger partial charge >= 0.3 is 0 Å². The molecular formula is C28H42Si2. The van der Waals surface area contributed by atoms with Crippen molar-refractivity contribution in [1.29, 1.82) is 0 Å². The quantitative estimate of drug-likeness (QED) is 0.177. The molecule has 0 aliphatic carbocycles. The van der Waals surface area contributed by atoms with Crippen molar-refractivity contribution < 1.29 is 0 Å². The normalized spacial score (nSPS) is 12.0. The molecule has 0 radical (unpaired) electrons. The summed E-state index contributed by atoms with van der Waals surface area (Å²) in [4.78, 5) is 0. The van der Waals surface area contributed by atoms with Crippen LogP contribution < -0.4 is 10.4 Å². The van der Waals surface area contributed by atoms with Gasteiger partial charge in [0.25, 0.3) is 0 Å². The first kappa shape index (κ1) is 24.6. The SMILES string of the molecule is C=CCc1cccc([Si](C)(C)CCCCCC[Si](C)(C)c2cccc(CC=C)c2)c1. The van der Waals surface area contributed by atoms with E-state index < -0.39 is 16.1 Å². The number of allylic oxidation sites excluding steroid dienone is 2. The summed E-state index contributed by atoms with van der Waals surface area (Å²) in [5, 5.41) is 3.21. The second-order valence-corrected chi connectivity index (χ2v) is 19.8. The minimum absolute atomic E-state index is 0.981. The van der Waals surface area contributed by atoms with E-state index in [1.54, 1.807) is 10.4 Å². The Balaban J connectivity index is 1.78. The van der Waals surface area contributed by atoms with Gasteiger partial charge in [0.05, 0.1) is 16.1 Å². The summed E-state index contributed by atoms with van der Waals surface area (Å²) >= 11 is 0. The number of hydrogen-bond donors (Lipinski definition) is 0. The van der Waals surface area contributed by atoms with Gasteiger partial charge in [-0.05, 0) is 24.0 Å². The molecule has 0 spiro atoms. The minimum Gasteiger partial charge on any atom is -0.103 e. The summed E-state index contributed by atoms with van der Waals surface area (Å²) in [5.41, 5.74) is 2.82. The Morgan fingerprint density at radius 1 is 0.633 bits per heavy atom. The molecule has 2 rings (SSSR count).